The number of halogens is 1. The van der Waals surface area contributed by atoms with Crippen LogP contribution in [0.5, 0.6) is 5.75 Å². The van der Waals surface area contributed by atoms with Crippen LogP contribution >= 0.6 is 0 Å². The van der Waals surface area contributed by atoms with Crippen molar-refractivity contribution in [1.29, 1.82) is 0 Å². The predicted molar refractivity (Wildman–Crippen MR) is 126 cm³/mol. The minimum atomic E-state index is -0.285. The molecule has 7 heteroatoms. The van der Waals surface area contributed by atoms with E-state index in [1.807, 2.05) is 43.3 Å². The van der Waals surface area contributed by atoms with Gasteiger partial charge in [0.1, 0.15) is 17.3 Å². The summed E-state index contributed by atoms with van der Waals surface area (Å²) in [6.07, 6.45) is 4.83. The molecule has 0 saturated carbocycles. The highest BCUT2D eigenvalue weighted by atomic mass is 19.1. The van der Waals surface area contributed by atoms with Gasteiger partial charge in [-0.25, -0.2) is 4.39 Å². The fourth-order valence-electron chi connectivity index (χ4n) is 4.27. The molecule has 4 aromatic heterocycles. The SMILES string of the molecule is Cc1cc(F)cc(-c2nccc3[nH]c(-c4n[nH]c5ccc(-c6cncc(O)c6)cc45)cc23)c1. The molecule has 0 unspecified atom stereocenters. The molecule has 6 rings (SSSR count). The Balaban J connectivity index is 1.51. The second kappa shape index (κ2) is 7.27. The summed E-state index contributed by atoms with van der Waals surface area (Å²) < 4.78 is 14.0. The quantitative estimate of drug-likeness (QED) is 0.319. The molecule has 0 fully saturated rings. The van der Waals surface area contributed by atoms with Crippen molar-refractivity contribution in [2.75, 3.05) is 0 Å². The van der Waals surface area contributed by atoms with E-state index in [1.165, 1.54) is 18.3 Å². The number of aromatic hydroxyl groups is 1. The molecule has 0 spiro atoms. The van der Waals surface area contributed by atoms with Crippen molar-refractivity contribution in [1.82, 2.24) is 25.1 Å². The summed E-state index contributed by atoms with van der Waals surface area (Å²) in [6.45, 7) is 1.87. The number of hydrogen-bond acceptors (Lipinski definition) is 4. The van der Waals surface area contributed by atoms with Gasteiger partial charge in [0.25, 0.3) is 0 Å². The highest BCUT2D eigenvalue weighted by Crippen LogP contribution is 2.35. The lowest BCUT2D eigenvalue weighted by Crippen LogP contribution is -1.87. The summed E-state index contributed by atoms with van der Waals surface area (Å²) in [6, 6.07) is 16.4. The Morgan fingerprint density at radius 2 is 1.70 bits per heavy atom. The molecule has 6 nitrogen and oxygen atoms in total. The number of aryl methyl sites for hydroxylation is 1. The highest BCUT2D eigenvalue weighted by Gasteiger charge is 2.15. The first-order valence-electron chi connectivity index (χ1n) is 10.4. The van der Waals surface area contributed by atoms with Crippen LogP contribution in [0.15, 0.2) is 73.2 Å². The van der Waals surface area contributed by atoms with Crippen LogP contribution in [0.3, 0.4) is 0 Å². The minimum absolute atomic E-state index is 0.114. The van der Waals surface area contributed by atoms with Gasteiger partial charge in [-0.3, -0.25) is 15.1 Å². The number of aromatic nitrogens is 5. The molecule has 0 atom stereocenters. The van der Waals surface area contributed by atoms with Crippen molar-refractivity contribution in [3.8, 4) is 39.5 Å². The van der Waals surface area contributed by atoms with Gasteiger partial charge in [0.15, 0.2) is 0 Å². The number of H-pyrrole nitrogens is 2. The Morgan fingerprint density at radius 1 is 0.818 bits per heavy atom. The Labute approximate surface area is 187 Å². The Kier molecular flexibility index (Phi) is 4.23. The van der Waals surface area contributed by atoms with Crippen molar-refractivity contribution >= 4 is 21.8 Å². The van der Waals surface area contributed by atoms with Crippen molar-refractivity contribution in [2.24, 2.45) is 0 Å². The van der Waals surface area contributed by atoms with Crippen LogP contribution in [-0.4, -0.2) is 30.3 Å². The van der Waals surface area contributed by atoms with Crippen LogP contribution in [-0.2, 0) is 0 Å². The molecule has 33 heavy (non-hydrogen) atoms. The average molecular weight is 435 g/mol. The van der Waals surface area contributed by atoms with Gasteiger partial charge in [0.05, 0.1) is 23.1 Å². The standard InChI is InChI=1S/C26H18FN5O/c1-14-6-16(8-18(27)7-14)25-21-11-24(30-22(21)4-5-29-25)26-20-10-15(2-3-23(20)31-32-26)17-9-19(33)13-28-12-17/h2-13,30,33H,1H3,(H,31,32). The molecule has 0 bridgehead atoms. The Morgan fingerprint density at radius 3 is 2.55 bits per heavy atom. The molecular formula is C26H18FN5O. The molecule has 4 heterocycles. The zero-order valence-corrected chi connectivity index (χ0v) is 17.6. The predicted octanol–water partition coefficient (Wildman–Crippen LogP) is 5.99. The van der Waals surface area contributed by atoms with E-state index in [0.29, 0.717) is 5.69 Å². The maximum Gasteiger partial charge on any atom is 0.134 e. The van der Waals surface area contributed by atoms with Crippen LogP contribution in [0.1, 0.15) is 5.56 Å². The van der Waals surface area contributed by atoms with Crippen molar-refractivity contribution < 1.29 is 9.50 Å². The zero-order valence-electron chi connectivity index (χ0n) is 17.6. The second-order valence-electron chi connectivity index (χ2n) is 8.09. The lowest BCUT2D eigenvalue weighted by Gasteiger charge is -2.04. The molecule has 0 amide bonds. The third kappa shape index (κ3) is 3.30. The van der Waals surface area contributed by atoms with Gasteiger partial charge in [-0.15, -0.1) is 0 Å². The first-order chi connectivity index (χ1) is 16.0. The number of rotatable bonds is 3. The lowest BCUT2D eigenvalue weighted by molar-refractivity contribution is 0.473. The van der Waals surface area contributed by atoms with Gasteiger partial charge in [-0.1, -0.05) is 6.07 Å². The Bertz CT molecular complexity index is 1650. The molecule has 0 aliphatic rings. The van der Waals surface area contributed by atoms with E-state index >= 15 is 0 Å². The smallest absolute Gasteiger partial charge is 0.134 e. The number of nitrogens with zero attached hydrogens (tertiary/aromatic N) is 3. The van der Waals surface area contributed by atoms with Gasteiger partial charge < -0.3 is 10.1 Å². The molecule has 160 valence electrons. The fraction of sp³-hybridized carbons (Fsp3) is 0.0385. The molecule has 0 saturated heterocycles. The van der Waals surface area contributed by atoms with Crippen molar-refractivity contribution in [3.63, 3.8) is 0 Å². The lowest BCUT2D eigenvalue weighted by atomic mass is 10.0. The summed E-state index contributed by atoms with van der Waals surface area (Å²) in [5, 5.41) is 19.2. The van der Waals surface area contributed by atoms with E-state index < -0.39 is 0 Å². The van der Waals surface area contributed by atoms with Gasteiger partial charge in [0.2, 0.25) is 0 Å². The molecule has 0 aliphatic heterocycles. The van der Waals surface area contributed by atoms with E-state index in [2.05, 4.69) is 25.1 Å². The van der Waals surface area contributed by atoms with Gasteiger partial charge in [-0.05, 0) is 66.6 Å². The third-order valence-electron chi connectivity index (χ3n) is 5.74. The van der Waals surface area contributed by atoms with Gasteiger partial charge in [-0.2, -0.15) is 5.10 Å². The molecule has 0 radical (unpaired) electrons. The number of nitrogens with one attached hydrogen (secondary N) is 2. The van der Waals surface area contributed by atoms with E-state index in [0.717, 1.165) is 55.4 Å². The number of pyridine rings is 2. The molecular weight excluding hydrogens is 417 g/mol. The van der Waals surface area contributed by atoms with E-state index in [1.54, 1.807) is 18.5 Å². The van der Waals surface area contributed by atoms with E-state index in [9.17, 15) is 9.50 Å². The molecule has 2 aromatic carbocycles. The van der Waals surface area contributed by atoms with Gasteiger partial charge in [0, 0.05) is 39.8 Å². The summed E-state index contributed by atoms with van der Waals surface area (Å²) >= 11 is 0. The largest absolute Gasteiger partial charge is 0.506 e. The van der Waals surface area contributed by atoms with Crippen molar-refractivity contribution in [3.05, 3.63) is 84.6 Å². The van der Waals surface area contributed by atoms with Crippen LogP contribution in [0.2, 0.25) is 0 Å². The number of benzene rings is 2. The number of aromatic amines is 2. The number of fused-ring (bicyclic) bond motifs is 2. The minimum Gasteiger partial charge on any atom is -0.506 e. The van der Waals surface area contributed by atoms with Crippen molar-refractivity contribution in [2.45, 2.75) is 6.92 Å². The highest BCUT2D eigenvalue weighted by molar-refractivity contribution is 6.00. The first-order valence-corrected chi connectivity index (χ1v) is 10.4. The normalized spacial score (nSPS) is 11.5. The topological polar surface area (TPSA) is 90.5 Å². The first kappa shape index (κ1) is 19.2. The van der Waals surface area contributed by atoms with E-state index in [4.69, 9.17) is 0 Å². The third-order valence-corrected chi connectivity index (χ3v) is 5.74. The van der Waals surface area contributed by atoms with Crippen LogP contribution in [0, 0.1) is 12.7 Å². The Hall–Kier alpha value is -4.52. The average Bonchev–Trinajstić information content (AvgIpc) is 3.41. The van der Waals surface area contributed by atoms with Crippen LogP contribution < -0.4 is 0 Å². The van der Waals surface area contributed by atoms with Crippen LogP contribution in [0.4, 0.5) is 4.39 Å². The molecule has 3 N–H and O–H groups in total. The maximum absolute atomic E-state index is 14.0. The van der Waals surface area contributed by atoms with Gasteiger partial charge >= 0.3 is 0 Å². The maximum atomic E-state index is 14.0. The summed E-state index contributed by atoms with van der Waals surface area (Å²) in [7, 11) is 0. The zero-order chi connectivity index (χ0) is 22.5. The summed E-state index contributed by atoms with van der Waals surface area (Å²) in [4.78, 5) is 12.0. The summed E-state index contributed by atoms with van der Waals surface area (Å²) in [5.41, 5.74) is 7.38. The molecule has 6 aromatic rings. The molecule has 0 aliphatic carbocycles. The van der Waals surface area contributed by atoms with E-state index in [-0.39, 0.29) is 11.6 Å². The second-order valence-corrected chi connectivity index (χ2v) is 8.09. The monoisotopic (exact) mass is 435 g/mol. The fourth-order valence-corrected chi connectivity index (χ4v) is 4.27. The van der Waals surface area contributed by atoms with Crippen LogP contribution in [0.25, 0.3) is 55.6 Å². The summed E-state index contributed by atoms with van der Waals surface area (Å²) in [5.74, 6) is -0.171. The number of hydrogen-bond donors (Lipinski definition) is 3.